The normalized spacial score (nSPS) is 16.1. The van der Waals surface area contributed by atoms with E-state index < -0.39 is 46.3 Å². The molecule has 0 aliphatic carbocycles. The predicted octanol–water partition coefficient (Wildman–Crippen LogP) is 5.76. The molecule has 12 heteroatoms. The Hall–Kier alpha value is -3.86. The standard InChI is InChI=1S/C24H14ClF5N2O4/c1-9-2-10(4-11(3-9)24(28,29)30)22(33)31-15-7-16-21(36-8-35-16)18-17(15)20(32-23(18)34)13-5-12(26)6-14(27)19(13)25/h2-7,20H,8H2,1H3,(H,31,33)(H,32,34). The van der Waals surface area contributed by atoms with Crippen LogP contribution in [0.2, 0.25) is 5.02 Å². The van der Waals surface area contributed by atoms with Gasteiger partial charge in [0.25, 0.3) is 11.8 Å². The molecule has 6 nitrogen and oxygen atoms in total. The van der Waals surface area contributed by atoms with Crippen LogP contribution in [-0.2, 0) is 6.18 Å². The lowest BCUT2D eigenvalue weighted by Gasteiger charge is -2.19. The van der Waals surface area contributed by atoms with E-state index in [0.29, 0.717) is 12.1 Å². The molecular formula is C24H14ClF5N2O4. The molecule has 186 valence electrons. The summed E-state index contributed by atoms with van der Waals surface area (Å²) in [4.78, 5) is 25.9. The molecule has 0 bridgehead atoms. The van der Waals surface area contributed by atoms with Crippen molar-refractivity contribution in [1.29, 1.82) is 0 Å². The lowest BCUT2D eigenvalue weighted by molar-refractivity contribution is -0.137. The van der Waals surface area contributed by atoms with Crippen LogP contribution < -0.4 is 20.1 Å². The highest BCUT2D eigenvalue weighted by Crippen LogP contribution is 2.49. The largest absolute Gasteiger partial charge is 0.453 e. The van der Waals surface area contributed by atoms with E-state index in [-0.39, 0.29) is 51.8 Å². The summed E-state index contributed by atoms with van der Waals surface area (Å²) in [7, 11) is 0. The van der Waals surface area contributed by atoms with Crippen molar-refractivity contribution in [3.05, 3.63) is 86.4 Å². The van der Waals surface area contributed by atoms with Gasteiger partial charge in [0.05, 0.1) is 27.9 Å². The van der Waals surface area contributed by atoms with E-state index in [1.54, 1.807) is 0 Å². The highest BCUT2D eigenvalue weighted by molar-refractivity contribution is 6.31. The van der Waals surface area contributed by atoms with Crippen LogP contribution in [0.5, 0.6) is 11.5 Å². The van der Waals surface area contributed by atoms with Crippen LogP contribution in [0, 0.1) is 18.6 Å². The molecule has 2 N–H and O–H groups in total. The fraction of sp³-hybridized carbons (Fsp3) is 0.167. The molecule has 3 aromatic carbocycles. The van der Waals surface area contributed by atoms with Gasteiger partial charge < -0.3 is 20.1 Å². The number of carbonyl (C=O) groups excluding carboxylic acids is 2. The van der Waals surface area contributed by atoms with Gasteiger partial charge in [0.2, 0.25) is 6.79 Å². The van der Waals surface area contributed by atoms with Gasteiger partial charge in [-0.15, -0.1) is 0 Å². The first-order valence-electron chi connectivity index (χ1n) is 10.4. The van der Waals surface area contributed by atoms with E-state index >= 15 is 0 Å². The van der Waals surface area contributed by atoms with Crippen molar-refractivity contribution in [2.45, 2.75) is 19.1 Å². The molecule has 5 rings (SSSR count). The van der Waals surface area contributed by atoms with Gasteiger partial charge in [-0.3, -0.25) is 9.59 Å². The Morgan fingerprint density at radius 1 is 1.11 bits per heavy atom. The number of ether oxygens (including phenoxy) is 2. The average molecular weight is 525 g/mol. The Kier molecular flexibility index (Phi) is 5.55. The number of alkyl halides is 3. The van der Waals surface area contributed by atoms with Crippen LogP contribution in [0.1, 0.15) is 49.0 Å². The first-order valence-corrected chi connectivity index (χ1v) is 10.7. The van der Waals surface area contributed by atoms with Gasteiger partial charge >= 0.3 is 6.18 Å². The van der Waals surface area contributed by atoms with Gasteiger partial charge in [0.1, 0.15) is 11.6 Å². The fourth-order valence-electron chi connectivity index (χ4n) is 4.25. The van der Waals surface area contributed by atoms with Gasteiger partial charge in [0.15, 0.2) is 11.5 Å². The number of benzene rings is 3. The summed E-state index contributed by atoms with van der Waals surface area (Å²) >= 11 is 6.07. The number of hydrogen-bond donors (Lipinski definition) is 2. The number of rotatable bonds is 3. The molecular weight excluding hydrogens is 511 g/mol. The van der Waals surface area contributed by atoms with Crippen LogP contribution in [0.25, 0.3) is 0 Å². The van der Waals surface area contributed by atoms with Gasteiger partial charge in [0, 0.05) is 28.8 Å². The monoisotopic (exact) mass is 524 g/mol. The molecule has 1 unspecified atom stereocenters. The van der Waals surface area contributed by atoms with Gasteiger partial charge in [-0.2, -0.15) is 13.2 Å². The highest BCUT2D eigenvalue weighted by atomic mass is 35.5. The zero-order valence-electron chi connectivity index (χ0n) is 18.1. The molecule has 0 spiro atoms. The Balaban J connectivity index is 1.64. The number of halogens is 6. The van der Waals surface area contributed by atoms with E-state index in [9.17, 15) is 31.5 Å². The third-order valence-electron chi connectivity index (χ3n) is 5.74. The maximum absolute atomic E-state index is 14.2. The predicted molar refractivity (Wildman–Crippen MR) is 117 cm³/mol. The smallest absolute Gasteiger partial charge is 0.416 e. The molecule has 36 heavy (non-hydrogen) atoms. The fourth-order valence-corrected chi connectivity index (χ4v) is 4.47. The molecule has 0 fully saturated rings. The summed E-state index contributed by atoms with van der Waals surface area (Å²) in [5.74, 6) is -3.49. The third kappa shape index (κ3) is 3.98. The van der Waals surface area contributed by atoms with Crippen LogP contribution in [0.4, 0.5) is 27.6 Å². The second-order valence-electron chi connectivity index (χ2n) is 8.18. The molecule has 0 radical (unpaired) electrons. The second kappa shape index (κ2) is 8.37. The Bertz CT molecular complexity index is 1460. The number of amides is 2. The molecule has 1 atom stereocenters. The zero-order chi connectivity index (χ0) is 25.9. The maximum Gasteiger partial charge on any atom is 0.416 e. The molecule has 2 aliphatic rings. The summed E-state index contributed by atoms with van der Waals surface area (Å²) < 4.78 is 78.8. The lowest BCUT2D eigenvalue weighted by atomic mass is 9.95. The summed E-state index contributed by atoms with van der Waals surface area (Å²) in [6, 6.07) is 4.45. The van der Waals surface area contributed by atoms with Crippen molar-refractivity contribution in [3.63, 3.8) is 0 Å². The van der Waals surface area contributed by atoms with E-state index in [1.165, 1.54) is 19.1 Å². The number of fused-ring (bicyclic) bond motifs is 3. The highest BCUT2D eigenvalue weighted by Gasteiger charge is 2.40. The molecule has 0 saturated carbocycles. The second-order valence-corrected chi connectivity index (χ2v) is 8.56. The minimum absolute atomic E-state index is 0.0431. The molecule has 3 aromatic rings. The Morgan fingerprint density at radius 2 is 1.86 bits per heavy atom. The third-order valence-corrected chi connectivity index (χ3v) is 6.14. The molecule has 2 aliphatic heterocycles. The Morgan fingerprint density at radius 3 is 2.58 bits per heavy atom. The van der Waals surface area contributed by atoms with Gasteiger partial charge in [-0.1, -0.05) is 11.6 Å². The van der Waals surface area contributed by atoms with Crippen molar-refractivity contribution < 1.29 is 41.0 Å². The number of nitrogens with one attached hydrogen (secondary N) is 2. The lowest BCUT2D eigenvalue weighted by Crippen LogP contribution is -2.21. The number of carbonyl (C=O) groups is 2. The van der Waals surface area contributed by atoms with Crippen molar-refractivity contribution in [1.82, 2.24) is 5.32 Å². The topological polar surface area (TPSA) is 76.7 Å². The van der Waals surface area contributed by atoms with Crippen molar-refractivity contribution in [3.8, 4) is 11.5 Å². The zero-order valence-corrected chi connectivity index (χ0v) is 18.9. The van der Waals surface area contributed by atoms with E-state index in [1.807, 2.05) is 0 Å². The SMILES string of the molecule is Cc1cc(C(=O)Nc2cc3c(c4c2C(c2cc(F)cc(F)c2Cl)NC4=O)OCO3)cc(C(F)(F)F)c1. The van der Waals surface area contributed by atoms with Crippen molar-refractivity contribution >= 4 is 29.1 Å². The molecule has 0 saturated heterocycles. The summed E-state index contributed by atoms with van der Waals surface area (Å²) in [6.07, 6.45) is -4.68. The van der Waals surface area contributed by atoms with E-state index in [4.69, 9.17) is 21.1 Å². The number of anilines is 1. The number of aryl methyl sites for hydroxylation is 1. The van der Waals surface area contributed by atoms with Gasteiger partial charge in [-0.25, -0.2) is 8.78 Å². The molecule has 2 heterocycles. The van der Waals surface area contributed by atoms with Crippen molar-refractivity contribution in [2.75, 3.05) is 12.1 Å². The average Bonchev–Trinajstić information content (AvgIpc) is 3.39. The Labute approximate surface area is 205 Å². The summed E-state index contributed by atoms with van der Waals surface area (Å²) in [5.41, 5.74) is -1.29. The number of hydrogen-bond acceptors (Lipinski definition) is 4. The van der Waals surface area contributed by atoms with Crippen LogP contribution >= 0.6 is 11.6 Å². The minimum atomic E-state index is -4.68. The van der Waals surface area contributed by atoms with E-state index in [0.717, 1.165) is 12.1 Å². The molecule has 2 amide bonds. The quantitative estimate of drug-likeness (QED) is 0.337. The van der Waals surface area contributed by atoms with Crippen LogP contribution in [0.15, 0.2) is 36.4 Å². The van der Waals surface area contributed by atoms with E-state index in [2.05, 4.69) is 10.6 Å². The summed E-state index contributed by atoms with van der Waals surface area (Å²) in [6.45, 7) is 1.17. The first-order chi connectivity index (χ1) is 16.9. The molecule has 0 aromatic heterocycles. The summed E-state index contributed by atoms with van der Waals surface area (Å²) in [5, 5.41) is 4.60. The maximum atomic E-state index is 14.2. The van der Waals surface area contributed by atoms with Crippen LogP contribution in [0.3, 0.4) is 0 Å². The van der Waals surface area contributed by atoms with Gasteiger partial charge in [-0.05, 0) is 36.8 Å². The first kappa shape index (κ1) is 23.9. The van der Waals surface area contributed by atoms with Crippen LogP contribution in [-0.4, -0.2) is 18.6 Å². The minimum Gasteiger partial charge on any atom is -0.453 e. The van der Waals surface area contributed by atoms with Crippen molar-refractivity contribution in [2.24, 2.45) is 0 Å².